The van der Waals surface area contributed by atoms with Crippen molar-refractivity contribution in [1.82, 2.24) is 9.88 Å². The van der Waals surface area contributed by atoms with Crippen LogP contribution in [0.15, 0.2) is 35.1 Å². The highest BCUT2D eigenvalue weighted by Gasteiger charge is 2.19. The zero-order valence-electron chi connectivity index (χ0n) is 17.3. The van der Waals surface area contributed by atoms with Gasteiger partial charge in [0.25, 0.3) is 5.69 Å². The fourth-order valence-electron chi connectivity index (χ4n) is 3.52. The molecule has 0 bridgehead atoms. The Labute approximate surface area is 169 Å². The Morgan fingerprint density at radius 3 is 2.48 bits per heavy atom. The summed E-state index contributed by atoms with van der Waals surface area (Å²) >= 11 is 0. The maximum atomic E-state index is 13.4. The lowest BCUT2D eigenvalue weighted by atomic mass is 10.1. The number of hydrogen-bond donors (Lipinski definition) is 2. The molecule has 29 heavy (non-hydrogen) atoms. The van der Waals surface area contributed by atoms with Gasteiger partial charge in [-0.1, -0.05) is 13.8 Å². The van der Waals surface area contributed by atoms with E-state index in [1.807, 2.05) is 31.1 Å². The second kappa shape index (κ2) is 8.48. The smallest absolute Gasteiger partial charge is 0.293 e. The highest BCUT2D eigenvalue weighted by Crippen LogP contribution is 2.30. The SMILES string of the molecule is CCN(CC)CCNc1ccc([N+](=O)[O-])c2[nH]c3ccc(N(C)C)cc3c(=O)c12. The molecule has 8 nitrogen and oxygen atoms in total. The highest BCUT2D eigenvalue weighted by molar-refractivity contribution is 6.03. The van der Waals surface area contributed by atoms with Gasteiger partial charge in [0.15, 0.2) is 5.43 Å². The van der Waals surface area contributed by atoms with Crippen molar-refractivity contribution in [3.8, 4) is 0 Å². The minimum atomic E-state index is -0.460. The number of anilines is 2. The molecule has 0 aliphatic rings. The molecule has 0 aliphatic heterocycles. The summed E-state index contributed by atoms with van der Waals surface area (Å²) in [6, 6.07) is 8.54. The van der Waals surface area contributed by atoms with Crippen LogP contribution < -0.4 is 15.6 Å². The zero-order valence-corrected chi connectivity index (χ0v) is 17.3. The van der Waals surface area contributed by atoms with Crippen molar-refractivity contribution in [2.45, 2.75) is 13.8 Å². The first-order valence-corrected chi connectivity index (χ1v) is 9.78. The molecule has 0 radical (unpaired) electrons. The zero-order chi connectivity index (χ0) is 21.1. The van der Waals surface area contributed by atoms with E-state index in [0.717, 1.165) is 25.3 Å². The van der Waals surface area contributed by atoms with E-state index in [1.54, 1.807) is 12.1 Å². The number of nitro groups is 1. The molecule has 3 rings (SSSR count). The van der Waals surface area contributed by atoms with Crippen molar-refractivity contribution in [3.05, 3.63) is 50.7 Å². The molecule has 0 amide bonds. The van der Waals surface area contributed by atoms with Crippen LogP contribution in [0.4, 0.5) is 17.1 Å². The Balaban J connectivity index is 2.17. The number of likely N-dealkylation sites (N-methyl/N-ethyl adjacent to an activating group) is 1. The van der Waals surface area contributed by atoms with E-state index in [-0.39, 0.29) is 16.6 Å². The van der Waals surface area contributed by atoms with Crippen LogP contribution in [0.1, 0.15) is 13.8 Å². The molecule has 2 aromatic carbocycles. The van der Waals surface area contributed by atoms with Crippen molar-refractivity contribution in [2.24, 2.45) is 0 Å². The third-order valence-electron chi connectivity index (χ3n) is 5.27. The van der Waals surface area contributed by atoms with Crippen LogP contribution in [0.25, 0.3) is 21.8 Å². The number of H-pyrrole nitrogens is 1. The summed E-state index contributed by atoms with van der Waals surface area (Å²) < 4.78 is 0. The fourth-order valence-corrected chi connectivity index (χ4v) is 3.52. The van der Waals surface area contributed by atoms with Crippen LogP contribution in [-0.4, -0.2) is 55.1 Å². The molecule has 0 unspecified atom stereocenters. The number of hydrogen-bond acceptors (Lipinski definition) is 6. The van der Waals surface area contributed by atoms with Gasteiger partial charge in [-0.3, -0.25) is 14.9 Å². The average molecular weight is 397 g/mol. The first-order valence-electron chi connectivity index (χ1n) is 9.78. The molecule has 3 aromatic rings. The lowest BCUT2D eigenvalue weighted by Gasteiger charge is -2.19. The number of nitrogens with one attached hydrogen (secondary N) is 2. The number of benzene rings is 2. The second-order valence-corrected chi connectivity index (χ2v) is 7.17. The van der Waals surface area contributed by atoms with E-state index in [0.29, 0.717) is 28.5 Å². The second-order valence-electron chi connectivity index (χ2n) is 7.17. The van der Waals surface area contributed by atoms with E-state index in [4.69, 9.17) is 0 Å². The number of nitrogens with zero attached hydrogens (tertiary/aromatic N) is 3. The molecule has 1 aromatic heterocycles. The van der Waals surface area contributed by atoms with Crippen LogP contribution in [0, 0.1) is 10.1 Å². The molecule has 0 spiro atoms. The quantitative estimate of drug-likeness (QED) is 0.344. The molecular formula is C21H27N5O3. The Morgan fingerprint density at radius 1 is 1.14 bits per heavy atom. The predicted octanol–water partition coefficient (Wildman–Crippen LogP) is 3.41. The molecule has 0 fully saturated rings. The molecule has 0 saturated heterocycles. The van der Waals surface area contributed by atoms with Crippen molar-refractivity contribution in [3.63, 3.8) is 0 Å². The van der Waals surface area contributed by atoms with Crippen LogP contribution in [-0.2, 0) is 0 Å². The molecule has 0 saturated carbocycles. The number of nitro benzene ring substituents is 1. The molecule has 154 valence electrons. The van der Waals surface area contributed by atoms with Gasteiger partial charge in [-0.2, -0.15) is 0 Å². The third-order valence-corrected chi connectivity index (χ3v) is 5.27. The van der Waals surface area contributed by atoms with Crippen LogP contribution in [0.5, 0.6) is 0 Å². The van der Waals surface area contributed by atoms with Gasteiger partial charge in [0.1, 0.15) is 5.52 Å². The Bertz CT molecular complexity index is 1100. The predicted molar refractivity (Wildman–Crippen MR) is 119 cm³/mol. The van der Waals surface area contributed by atoms with E-state index in [1.165, 1.54) is 6.07 Å². The Morgan fingerprint density at radius 2 is 1.86 bits per heavy atom. The maximum Gasteiger partial charge on any atom is 0.293 e. The molecule has 2 N–H and O–H groups in total. The summed E-state index contributed by atoms with van der Waals surface area (Å²) in [5, 5.41) is 15.7. The molecular weight excluding hydrogens is 370 g/mol. The van der Waals surface area contributed by atoms with Crippen molar-refractivity contribution < 1.29 is 4.92 Å². The summed E-state index contributed by atoms with van der Waals surface area (Å²) in [5.74, 6) is 0. The Kier molecular flexibility index (Phi) is 6.03. The largest absolute Gasteiger partial charge is 0.383 e. The molecule has 0 aliphatic carbocycles. The van der Waals surface area contributed by atoms with Gasteiger partial charge in [0.05, 0.1) is 15.8 Å². The van der Waals surface area contributed by atoms with Gasteiger partial charge in [-0.25, -0.2) is 0 Å². The molecule has 8 heteroatoms. The minimum Gasteiger partial charge on any atom is -0.383 e. The average Bonchev–Trinajstić information content (AvgIpc) is 2.70. The van der Waals surface area contributed by atoms with Crippen molar-refractivity contribution in [2.75, 3.05) is 50.5 Å². The van der Waals surface area contributed by atoms with Crippen molar-refractivity contribution >= 4 is 38.9 Å². The Hall–Kier alpha value is -3.13. The summed E-state index contributed by atoms with van der Waals surface area (Å²) in [4.78, 5) is 31.7. The number of aromatic amines is 1. The maximum absolute atomic E-state index is 13.4. The lowest BCUT2D eigenvalue weighted by Crippen LogP contribution is -2.28. The summed E-state index contributed by atoms with van der Waals surface area (Å²) in [7, 11) is 3.81. The number of aromatic nitrogens is 1. The van der Waals surface area contributed by atoms with E-state index in [9.17, 15) is 14.9 Å². The van der Waals surface area contributed by atoms with Crippen LogP contribution >= 0.6 is 0 Å². The summed E-state index contributed by atoms with van der Waals surface area (Å²) in [6.07, 6.45) is 0. The normalized spacial score (nSPS) is 11.3. The van der Waals surface area contributed by atoms with Gasteiger partial charge >= 0.3 is 0 Å². The highest BCUT2D eigenvalue weighted by atomic mass is 16.6. The first kappa shape index (κ1) is 20.6. The van der Waals surface area contributed by atoms with E-state index < -0.39 is 4.92 Å². The number of pyridine rings is 1. The minimum absolute atomic E-state index is 0.107. The van der Waals surface area contributed by atoms with Crippen molar-refractivity contribution in [1.29, 1.82) is 0 Å². The standard InChI is InChI=1S/C21H27N5O3/c1-5-25(6-2)12-11-22-17-9-10-18(26(28)29)20-19(17)21(27)15-13-14(24(3)4)7-8-16(15)23-20/h7-10,13,22H,5-6,11-12H2,1-4H3,(H,23,27). The lowest BCUT2D eigenvalue weighted by molar-refractivity contribution is -0.383. The number of fused-ring (bicyclic) bond motifs is 2. The number of rotatable bonds is 8. The van der Waals surface area contributed by atoms with Gasteiger partial charge in [-0.15, -0.1) is 0 Å². The van der Waals surface area contributed by atoms with E-state index >= 15 is 0 Å². The number of non-ortho nitro benzene ring substituents is 1. The topological polar surface area (TPSA) is 94.5 Å². The van der Waals surface area contributed by atoms with Crippen LogP contribution in [0.3, 0.4) is 0 Å². The molecule has 0 atom stereocenters. The monoisotopic (exact) mass is 397 g/mol. The van der Waals surface area contributed by atoms with E-state index in [2.05, 4.69) is 29.0 Å². The fraction of sp³-hybridized carbons (Fsp3) is 0.381. The third kappa shape index (κ3) is 4.02. The van der Waals surface area contributed by atoms with Gasteiger partial charge < -0.3 is 20.1 Å². The van der Waals surface area contributed by atoms with Gasteiger partial charge in [0, 0.05) is 50.0 Å². The van der Waals surface area contributed by atoms with Gasteiger partial charge in [0.2, 0.25) is 0 Å². The first-order chi connectivity index (χ1) is 13.9. The van der Waals surface area contributed by atoms with Crippen LogP contribution in [0.2, 0.25) is 0 Å². The van der Waals surface area contributed by atoms with Gasteiger partial charge in [-0.05, 0) is 37.4 Å². The molecule has 1 heterocycles. The summed E-state index contributed by atoms with van der Waals surface area (Å²) in [5.41, 5.74) is 2.01. The summed E-state index contributed by atoms with van der Waals surface area (Å²) in [6.45, 7) is 7.55.